The van der Waals surface area contributed by atoms with Crippen molar-refractivity contribution >= 4 is 28.8 Å². The first kappa shape index (κ1) is 15.5. The number of aromatic nitrogens is 1. The number of nitrogens with zero attached hydrogens (tertiary/aromatic N) is 2. The minimum Gasteiger partial charge on any atom is -0.338 e. The molecular formula is C19H17ClN2OS. The summed E-state index contributed by atoms with van der Waals surface area (Å²) in [5.74, 6) is 0.140. The van der Waals surface area contributed by atoms with E-state index < -0.39 is 0 Å². The van der Waals surface area contributed by atoms with Crippen molar-refractivity contribution in [3.8, 4) is 16.8 Å². The quantitative estimate of drug-likeness (QED) is 0.641. The number of hydrogen-bond donors (Lipinski definition) is 0. The minimum atomic E-state index is 0.140. The Morgan fingerprint density at radius 2 is 1.71 bits per heavy atom. The molecule has 24 heavy (non-hydrogen) atoms. The molecule has 1 amide bonds. The van der Waals surface area contributed by atoms with Gasteiger partial charge in [0.25, 0.3) is 5.91 Å². The molecule has 3 heterocycles. The van der Waals surface area contributed by atoms with E-state index in [4.69, 9.17) is 11.6 Å². The Labute approximate surface area is 150 Å². The fourth-order valence-electron chi connectivity index (χ4n) is 3.14. The molecule has 0 aliphatic carbocycles. The van der Waals surface area contributed by atoms with Gasteiger partial charge in [-0.25, -0.2) is 0 Å². The summed E-state index contributed by atoms with van der Waals surface area (Å²) >= 11 is 7.54. The van der Waals surface area contributed by atoms with Crippen LogP contribution in [0.2, 0.25) is 5.02 Å². The summed E-state index contributed by atoms with van der Waals surface area (Å²) in [7, 11) is 0. The van der Waals surface area contributed by atoms with Crippen LogP contribution in [0.3, 0.4) is 0 Å². The largest absolute Gasteiger partial charge is 0.338 e. The summed E-state index contributed by atoms with van der Waals surface area (Å²) in [5.41, 5.74) is 3.10. The topological polar surface area (TPSA) is 25.2 Å². The van der Waals surface area contributed by atoms with E-state index >= 15 is 0 Å². The third kappa shape index (κ3) is 2.76. The maximum atomic E-state index is 13.0. The summed E-state index contributed by atoms with van der Waals surface area (Å²) in [4.78, 5) is 15.7. The van der Waals surface area contributed by atoms with Crippen LogP contribution in [0.1, 0.15) is 22.5 Å². The van der Waals surface area contributed by atoms with Crippen LogP contribution in [0.25, 0.3) is 16.8 Å². The highest BCUT2D eigenvalue weighted by molar-refractivity contribution is 7.13. The number of rotatable bonds is 3. The van der Waals surface area contributed by atoms with Crippen molar-refractivity contribution in [1.29, 1.82) is 0 Å². The van der Waals surface area contributed by atoms with Gasteiger partial charge in [0.1, 0.15) is 4.88 Å². The van der Waals surface area contributed by atoms with Crippen molar-refractivity contribution in [2.24, 2.45) is 0 Å². The Hall–Kier alpha value is -2.04. The molecule has 1 fully saturated rings. The number of hydrogen-bond acceptors (Lipinski definition) is 2. The second kappa shape index (κ2) is 6.46. The standard InChI is InChI=1S/C19H17ClN2OS/c20-15-7-5-14(6-8-15)16-13-24-18(17(16)21-9-1-2-10-21)19(23)22-11-3-4-12-22/h1-2,5-10,13H,3-4,11-12H2. The average molecular weight is 357 g/mol. The molecule has 4 rings (SSSR count). The van der Waals surface area contributed by atoms with Crippen LogP contribution in [-0.4, -0.2) is 28.5 Å². The van der Waals surface area contributed by atoms with Gasteiger partial charge in [-0.1, -0.05) is 23.7 Å². The molecule has 1 aromatic carbocycles. The molecule has 5 heteroatoms. The monoisotopic (exact) mass is 356 g/mol. The highest BCUT2D eigenvalue weighted by atomic mass is 35.5. The van der Waals surface area contributed by atoms with E-state index in [1.807, 2.05) is 58.3 Å². The van der Waals surface area contributed by atoms with Gasteiger partial charge in [0.05, 0.1) is 5.69 Å². The van der Waals surface area contributed by atoms with E-state index in [1.165, 1.54) is 11.3 Å². The zero-order valence-corrected chi connectivity index (χ0v) is 14.7. The normalized spacial score (nSPS) is 14.3. The molecule has 0 saturated carbocycles. The van der Waals surface area contributed by atoms with Gasteiger partial charge in [0, 0.05) is 41.4 Å². The molecule has 0 N–H and O–H groups in total. The van der Waals surface area contributed by atoms with E-state index in [0.717, 1.165) is 47.6 Å². The smallest absolute Gasteiger partial charge is 0.266 e. The number of carbonyl (C=O) groups is 1. The van der Waals surface area contributed by atoms with Crippen LogP contribution < -0.4 is 0 Å². The van der Waals surface area contributed by atoms with Crippen LogP contribution in [0.15, 0.2) is 54.2 Å². The van der Waals surface area contributed by atoms with Gasteiger partial charge >= 0.3 is 0 Å². The van der Waals surface area contributed by atoms with Gasteiger partial charge in [-0.3, -0.25) is 4.79 Å². The molecule has 1 aliphatic rings. The predicted octanol–water partition coefficient (Wildman–Crippen LogP) is 5.10. The zero-order valence-electron chi connectivity index (χ0n) is 13.1. The van der Waals surface area contributed by atoms with Crippen LogP contribution in [0, 0.1) is 0 Å². The molecule has 1 aliphatic heterocycles. The second-order valence-electron chi connectivity index (χ2n) is 5.92. The summed E-state index contributed by atoms with van der Waals surface area (Å²) in [6, 6.07) is 11.7. The molecular weight excluding hydrogens is 340 g/mol. The van der Waals surface area contributed by atoms with Gasteiger partial charge in [0.15, 0.2) is 0 Å². The lowest BCUT2D eigenvalue weighted by molar-refractivity contribution is 0.0797. The maximum Gasteiger partial charge on any atom is 0.266 e. The molecule has 2 aromatic heterocycles. The number of carbonyl (C=O) groups excluding carboxylic acids is 1. The zero-order chi connectivity index (χ0) is 16.5. The Morgan fingerprint density at radius 1 is 1.04 bits per heavy atom. The highest BCUT2D eigenvalue weighted by Crippen LogP contribution is 2.36. The van der Waals surface area contributed by atoms with E-state index in [9.17, 15) is 4.79 Å². The number of amides is 1. The fourth-order valence-corrected chi connectivity index (χ4v) is 4.31. The molecule has 122 valence electrons. The molecule has 0 spiro atoms. The Morgan fingerprint density at radius 3 is 2.38 bits per heavy atom. The lowest BCUT2D eigenvalue weighted by atomic mass is 10.1. The first-order valence-electron chi connectivity index (χ1n) is 8.04. The van der Waals surface area contributed by atoms with Gasteiger partial charge in [-0.15, -0.1) is 11.3 Å². The lowest BCUT2D eigenvalue weighted by Crippen LogP contribution is -2.27. The highest BCUT2D eigenvalue weighted by Gasteiger charge is 2.26. The van der Waals surface area contributed by atoms with Crippen molar-refractivity contribution in [2.45, 2.75) is 12.8 Å². The Balaban J connectivity index is 1.83. The molecule has 0 unspecified atom stereocenters. The molecule has 3 nitrogen and oxygen atoms in total. The third-order valence-electron chi connectivity index (χ3n) is 4.37. The third-order valence-corrected chi connectivity index (χ3v) is 5.58. The Kier molecular flexibility index (Phi) is 4.17. The van der Waals surface area contributed by atoms with E-state index in [0.29, 0.717) is 5.02 Å². The predicted molar refractivity (Wildman–Crippen MR) is 99.2 cm³/mol. The van der Waals surface area contributed by atoms with Gasteiger partial charge in [-0.2, -0.15) is 0 Å². The summed E-state index contributed by atoms with van der Waals surface area (Å²) < 4.78 is 2.03. The molecule has 0 bridgehead atoms. The number of benzene rings is 1. The molecule has 1 saturated heterocycles. The van der Waals surface area contributed by atoms with E-state index in [2.05, 4.69) is 5.38 Å². The summed E-state index contributed by atoms with van der Waals surface area (Å²) in [5, 5.41) is 2.78. The molecule has 0 radical (unpaired) electrons. The van der Waals surface area contributed by atoms with Crippen LogP contribution >= 0.6 is 22.9 Å². The second-order valence-corrected chi connectivity index (χ2v) is 7.24. The minimum absolute atomic E-state index is 0.140. The van der Waals surface area contributed by atoms with Crippen molar-refractivity contribution in [1.82, 2.24) is 9.47 Å². The summed E-state index contributed by atoms with van der Waals surface area (Å²) in [6.45, 7) is 1.72. The lowest BCUT2D eigenvalue weighted by Gasteiger charge is -2.16. The first-order valence-corrected chi connectivity index (χ1v) is 9.30. The van der Waals surface area contributed by atoms with Crippen molar-refractivity contribution < 1.29 is 4.79 Å². The average Bonchev–Trinajstić information content (AvgIpc) is 3.34. The summed E-state index contributed by atoms with van der Waals surface area (Å²) in [6.07, 6.45) is 6.17. The van der Waals surface area contributed by atoms with Crippen molar-refractivity contribution in [2.75, 3.05) is 13.1 Å². The number of halogens is 1. The van der Waals surface area contributed by atoms with Gasteiger partial charge < -0.3 is 9.47 Å². The maximum absolute atomic E-state index is 13.0. The molecule has 0 atom stereocenters. The van der Waals surface area contributed by atoms with E-state index in [1.54, 1.807) is 0 Å². The first-order chi connectivity index (χ1) is 11.7. The van der Waals surface area contributed by atoms with E-state index in [-0.39, 0.29) is 5.91 Å². The Bertz CT molecular complexity index is 846. The van der Waals surface area contributed by atoms with Crippen LogP contribution in [-0.2, 0) is 0 Å². The number of thiophene rings is 1. The molecule has 3 aromatic rings. The van der Waals surface area contributed by atoms with Crippen LogP contribution in [0.4, 0.5) is 0 Å². The van der Waals surface area contributed by atoms with Crippen molar-refractivity contribution in [3.05, 3.63) is 64.1 Å². The van der Waals surface area contributed by atoms with Crippen LogP contribution in [0.5, 0.6) is 0 Å². The SMILES string of the molecule is O=C(c1scc(-c2ccc(Cl)cc2)c1-n1cccc1)N1CCCC1. The van der Waals surface area contributed by atoms with Gasteiger partial charge in [-0.05, 0) is 42.7 Å². The number of likely N-dealkylation sites (tertiary alicyclic amines) is 1. The van der Waals surface area contributed by atoms with Gasteiger partial charge in [0.2, 0.25) is 0 Å². The van der Waals surface area contributed by atoms with Crippen molar-refractivity contribution in [3.63, 3.8) is 0 Å². The fraction of sp³-hybridized carbons (Fsp3) is 0.211.